The van der Waals surface area contributed by atoms with Crippen LogP contribution in [0, 0.1) is 17.8 Å². The van der Waals surface area contributed by atoms with Crippen LogP contribution < -0.4 is 0 Å². The van der Waals surface area contributed by atoms with Crippen LogP contribution >= 0.6 is 11.3 Å². The molecular formula is C29H35NO4S. The van der Waals surface area contributed by atoms with Crippen LogP contribution in [0.25, 0.3) is 0 Å². The Morgan fingerprint density at radius 3 is 2.80 bits per heavy atom. The first kappa shape index (κ1) is 26.7. The molecule has 5 nitrogen and oxygen atoms in total. The van der Waals surface area contributed by atoms with Gasteiger partial charge >= 0.3 is 5.97 Å². The molecule has 1 aromatic heterocycles. The van der Waals surface area contributed by atoms with E-state index < -0.39 is 6.10 Å². The molecule has 0 radical (unpaired) electrons. The monoisotopic (exact) mass is 493 g/mol. The number of thiophene rings is 1. The summed E-state index contributed by atoms with van der Waals surface area (Å²) in [6.07, 6.45) is 8.58. The highest BCUT2D eigenvalue weighted by Gasteiger charge is 2.28. The summed E-state index contributed by atoms with van der Waals surface area (Å²) >= 11 is 1.44. The van der Waals surface area contributed by atoms with Crippen molar-refractivity contribution in [1.82, 2.24) is 4.90 Å². The highest BCUT2D eigenvalue weighted by molar-refractivity contribution is 7.13. The highest BCUT2D eigenvalue weighted by Crippen LogP contribution is 2.23. The van der Waals surface area contributed by atoms with Gasteiger partial charge in [0.15, 0.2) is 0 Å². The van der Waals surface area contributed by atoms with E-state index in [1.807, 2.05) is 48.2 Å². The molecule has 35 heavy (non-hydrogen) atoms. The van der Waals surface area contributed by atoms with Gasteiger partial charge in [-0.15, -0.1) is 23.2 Å². The second kappa shape index (κ2) is 13.9. The number of benzene rings is 1. The number of aryl methyl sites for hydroxylation is 2. The van der Waals surface area contributed by atoms with E-state index in [-0.39, 0.29) is 23.8 Å². The minimum Gasteiger partial charge on any atom is -0.465 e. The van der Waals surface area contributed by atoms with E-state index in [1.54, 1.807) is 6.07 Å². The van der Waals surface area contributed by atoms with Crippen LogP contribution in [0.5, 0.6) is 0 Å². The Morgan fingerprint density at radius 1 is 1.23 bits per heavy atom. The zero-order valence-electron chi connectivity index (χ0n) is 20.6. The number of nitrogens with zero attached hydrogens (tertiary/aromatic N) is 1. The van der Waals surface area contributed by atoms with E-state index in [4.69, 9.17) is 4.74 Å². The van der Waals surface area contributed by atoms with Gasteiger partial charge in [0, 0.05) is 30.7 Å². The number of hydrogen-bond donors (Lipinski definition) is 1. The second-order valence-corrected chi connectivity index (χ2v) is 10.1. The van der Waals surface area contributed by atoms with Gasteiger partial charge in [-0.2, -0.15) is 0 Å². The lowest BCUT2D eigenvalue weighted by molar-refractivity contribution is -0.128. The smallest absolute Gasteiger partial charge is 0.348 e. The summed E-state index contributed by atoms with van der Waals surface area (Å²) in [5.74, 6) is 6.29. The van der Waals surface area contributed by atoms with Crippen LogP contribution in [0.3, 0.4) is 0 Å². The Balaban J connectivity index is 1.41. The van der Waals surface area contributed by atoms with Crippen LogP contribution in [-0.4, -0.2) is 47.7 Å². The number of hydrogen-bond acceptors (Lipinski definition) is 5. The molecule has 1 amide bonds. The fourth-order valence-corrected chi connectivity index (χ4v) is 5.09. The van der Waals surface area contributed by atoms with Crippen LogP contribution in [0.4, 0.5) is 0 Å². The van der Waals surface area contributed by atoms with Gasteiger partial charge in [0.05, 0.1) is 19.3 Å². The third-order valence-corrected chi connectivity index (χ3v) is 7.41. The Morgan fingerprint density at radius 2 is 2.03 bits per heavy atom. The molecule has 3 rings (SSSR count). The molecule has 1 fully saturated rings. The van der Waals surface area contributed by atoms with E-state index in [0.717, 1.165) is 37.0 Å². The standard InChI is InChI=1S/C29H35NO4S/c1-22(10-5-3-6-11-23-12-7-4-8-13-23)26(31)18-15-24-16-20-28(32)30(24)21-9-14-25-17-19-27(35-25)29(33)34-2/h4,7-8,12-13,15,17-19,22,24,26,31H,6,9-11,14,16,20-21H2,1-2H3/b18-15+/t22-,24+,26-/m1/s1. The molecule has 1 saturated heterocycles. The number of ether oxygens (including phenoxy) is 1. The van der Waals surface area contributed by atoms with Gasteiger partial charge in [0.2, 0.25) is 5.91 Å². The molecule has 2 heterocycles. The predicted octanol–water partition coefficient (Wildman–Crippen LogP) is 5.04. The number of likely N-dealkylation sites (tertiary alicyclic amines) is 1. The van der Waals surface area contributed by atoms with Crippen molar-refractivity contribution in [3.05, 3.63) is 69.9 Å². The van der Waals surface area contributed by atoms with Gasteiger partial charge in [-0.25, -0.2) is 4.79 Å². The molecule has 1 aliphatic rings. The summed E-state index contributed by atoms with van der Waals surface area (Å²) in [6.45, 7) is 2.67. The quantitative estimate of drug-likeness (QED) is 0.271. The zero-order chi connectivity index (χ0) is 25.0. The molecule has 0 unspecified atom stereocenters. The summed E-state index contributed by atoms with van der Waals surface area (Å²) in [4.78, 5) is 27.6. The van der Waals surface area contributed by atoms with Gasteiger partial charge in [-0.3, -0.25) is 4.79 Å². The van der Waals surface area contributed by atoms with Crippen molar-refractivity contribution in [3.63, 3.8) is 0 Å². The van der Waals surface area contributed by atoms with E-state index in [2.05, 4.69) is 24.0 Å². The molecule has 6 heteroatoms. The van der Waals surface area contributed by atoms with Crippen LogP contribution in [-0.2, 0) is 22.4 Å². The molecule has 1 N–H and O–H groups in total. The zero-order valence-corrected chi connectivity index (χ0v) is 21.4. The molecule has 3 atom stereocenters. The lowest BCUT2D eigenvalue weighted by Crippen LogP contribution is -2.33. The van der Waals surface area contributed by atoms with Gasteiger partial charge in [0.25, 0.3) is 0 Å². The minimum absolute atomic E-state index is 0.0234. The number of rotatable bonds is 11. The van der Waals surface area contributed by atoms with Crippen molar-refractivity contribution in [3.8, 4) is 11.8 Å². The predicted molar refractivity (Wildman–Crippen MR) is 140 cm³/mol. The van der Waals surface area contributed by atoms with Crippen LogP contribution in [0.2, 0.25) is 0 Å². The number of carbonyl (C=O) groups is 2. The number of aliphatic hydroxyl groups is 1. The molecule has 0 saturated carbocycles. The largest absolute Gasteiger partial charge is 0.465 e. The fraction of sp³-hybridized carbons (Fsp3) is 0.448. The van der Waals surface area contributed by atoms with Crippen molar-refractivity contribution in [2.45, 2.75) is 64.0 Å². The lowest BCUT2D eigenvalue weighted by atomic mass is 9.99. The summed E-state index contributed by atoms with van der Waals surface area (Å²) < 4.78 is 4.76. The number of esters is 1. The Kier molecular flexibility index (Phi) is 10.6. The molecule has 0 aliphatic carbocycles. The maximum atomic E-state index is 12.4. The summed E-state index contributed by atoms with van der Waals surface area (Å²) in [6, 6.07) is 14.1. The van der Waals surface area contributed by atoms with Crippen molar-refractivity contribution in [2.24, 2.45) is 5.92 Å². The first-order valence-corrected chi connectivity index (χ1v) is 13.1. The average Bonchev–Trinajstić information content (AvgIpc) is 3.49. The maximum Gasteiger partial charge on any atom is 0.348 e. The molecule has 2 aromatic rings. The fourth-order valence-electron chi connectivity index (χ4n) is 4.12. The molecule has 0 spiro atoms. The van der Waals surface area contributed by atoms with Gasteiger partial charge < -0.3 is 14.7 Å². The second-order valence-electron chi connectivity index (χ2n) is 8.95. The summed E-state index contributed by atoms with van der Waals surface area (Å²) in [7, 11) is 1.38. The van der Waals surface area contributed by atoms with Crippen LogP contribution in [0.15, 0.2) is 54.6 Å². The average molecular weight is 494 g/mol. The summed E-state index contributed by atoms with van der Waals surface area (Å²) in [5, 5.41) is 10.6. The van der Waals surface area contributed by atoms with Crippen molar-refractivity contribution in [2.75, 3.05) is 13.7 Å². The van der Waals surface area contributed by atoms with Crippen LogP contribution in [0.1, 0.15) is 59.1 Å². The highest BCUT2D eigenvalue weighted by atomic mass is 32.1. The Hall–Kier alpha value is -2.88. The lowest BCUT2D eigenvalue weighted by Gasteiger charge is -2.23. The molecular weight excluding hydrogens is 458 g/mol. The molecule has 186 valence electrons. The topological polar surface area (TPSA) is 66.8 Å². The number of carbonyl (C=O) groups excluding carboxylic acids is 2. The number of amides is 1. The third-order valence-electron chi connectivity index (χ3n) is 6.29. The summed E-state index contributed by atoms with van der Waals surface area (Å²) in [5.41, 5.74) is 1.29. The van der Waals surface area contributed by atoms with Crippen molar-refractivity contribution >= 4 is 23.2 Å². The van der Waals surface area contributed by atoms with Gasteiger partial charge in [0.1, 0.15) is 4.88 Å². The first-order valence-electron chi connectivity index (χ1n) is 12.3. The molecule has 1 aromatic carbocycles. The van der Waals surface area contributed by atoms with E-state index in [1.165, 1.54) is 24.0 Å². The minimum atomic E-state index is -0.584. The molecule has 0 bridgehead atoms. The first-order chi connectivity index (χ1) is 17.0. The third kappa shape index (κ3) is 8.38. The normalized spacial score (nSPS) is 17.3. The molecule has 1 aliphatic heterocycles. The van der Waals surface area contributed by atoms with Gasteiger partial charge in [-0.05, 0) is 49.3 Å². The Bertz CT molecular complexity index is 1050. The van der Waals surface area contributed by atoms with Crippen molar-refractivity contribution in [1.29, 1.82) is 0 Å². The SMILES string of the molecule is COC(=O)c1ccc(CCCN2C(=O)CC[C@@H]2/C=C/[C@@H](O)[C@H](C)CC#CCCc2ccccc2)s1. The number of methoxy groups -OCH3 is 1. The number of aliphatic hydroxyl groups excluding tert-OH is 1. The van der Waals surface area contributed by atoms with E-state index >= 15 is 0 Å². The van der Waals surface area contributed by atoms with Crippen molar-refractivity contribution < 1.29 is 19.4 Å². The van der Waals surface area contributed by atoms with E-state index in [0.29, 0.717) is 24.3 Å². The van der Waals surface area contributed by atoms with Gasteiger partial charge in [-0.1, -0.05) is 49.4 Å². The van der Waals surface area contributed by atoms with E-state index in [9.17, 15) is 14.7 Å². The Labute approximate surface area is 212 Å². The maximum absolute atomic E-state index is 12.4.